The zero-order valence-corrected chi connectivity index (χ0v) is 18.2. The number of anilines is 1. The summed E-state index contributed by atoms with van der Waals surface area (Å²) in [5.74, 6) is 0.408. The summed E-state index contributed by atoms with van der Waals surface area (Å²) in [7, 11) is 0. The van der Waals surface area contributed by atoms with Gasteiger partial charge in [0.1, 0.15) is 11.3 Å². The zero-order chi connectivity index (χ0) is 20.8. The smallest absolute Gasteiger partial charge is 0.297 e. The molecule has 30 heavy (non-hydrogen) atoms. The van der Waals surface area contributed by atoms with Gasteiger partial charge in [0, 0.05) is 16.0 Å². The molecule has 1 aliphatic rings. The van der Waals surface area contributed by atoms with E-state index in [-0.39, 0.29) is 17.1 Å². The molecule has 0 radical (unpaired) electrons. The number of carbonyl (C=O) groups is 1. The topological polar surface area (TPSA) is 72.6 Å². The molecule has 1 amide bonds. The highest BCUT2D eigenvalue weighted by atomic mass is 79.9. The van der Waals surface area contributed by atoms with E-state index < -0.39 is 6.04 Å². The maximum absolute atomic E-state index is 13.5. The lowest BCUT2D eigenvalue weighted by molar-refractivity contribution is 0.0971. The first kappa shape index (κ1) is 19.0. The van der Waals surface area contributed by atoms with E-state index in [1.165, 1.54) is 16.2 Å². The fourth-order valence-electron chi connectivity index (χ4n) is 3.71. The van der Waals surface area contributed by atoms with Crippen molar-refractivity contribution in [2.75, 3.05) is 11.5 Å². The van der Waals surface area contributed by atoms with Gasteiger partial charge in [0.25, 0.3) is 5.91 Å². The number of hydrogen-bond acceptors (Lipinski definition) is 6. The molecule has 0 aliphatic carbocycles. The van der Waals surface area contributed by atoms with Crippen molar-refractivity contribution in [2.45, 2.75) is 13.0 Å². The Labute approximate surface area is 183 Å². The predicted octanol–water partition coefficient (Wildman–Crippen LogP) is 5.16. The fraction of sp³-hybridized carbons (Fsp3) is 0.136. The molecule has 0 saturated carbocycles. The standard InChI is InChI=1S/C22H15BrN2O4S/c1-2-28-14-6-3-12(4-7-14)18-17-19(26)15-11-13(23)5-8-16(15)29-20(17)21(27)25(18)22-24-9-10-30-22/h3-11,18H,2H2,1H3. The normalized spacial score (nSPS) is 15.6. The van der Waals surface area contributed by atoms with Gasteiger partial charge >= 0.3 is 0 Å². The Hall–Kier alpha value is -2.97. The molecular weight excluding hydrogens is 468 g/mol. The Morgan fingerprint density at radius 3 is 2.70 bits per heavy atom. The van der Waals surface area contributed by atoms with Gasteiger partial charge in [-0.1, -0.05) is 28.1 Å². The third-order valence-corrected chi connectivity index (χ3v) is 6.23. The number of hydrogen-bond donors (Lipinski definition) is 0. The largest absolute Gasteiger partial charge is 0.494 e. The van der Waals surface area contributed by atoms with Crippen LogP contribution in [0.15, 0.2) is 67.7 Å². The fourth-order valence-corrected chi connectivity index (χ4v) is 4.73. The van der Waals surface area contributed by atoms with Crippen LogP contribution in [0.4, 0.5) is 5.13 Å². The van der Waals surface area contributed by atoms with Gasteiger partial charge in [-0.2, -0.15) is 0 Å². The second-order valence-corrected chi connectivity index (χ2v) is 8.50. The van der Waals surface area contributed by atoms with E-state index in [9.17, 15) is 9.59 Å². The third kappa shape index (κ3) is 2.95. The Morgan fingerprint density at radius 1 is 1.20 bits per heavy atom. The lowest BCUT2D eigenvalue weighted by Crippen LogP contribution is -2.29. The first-order valence-electron chi connectivity index (χ1n) is 9.30. The molecule has 1 aliphatic heterocycles. The highest BCUT2D eigenvalue weighted by molar-refractivity contribution is 9.10. The van der Waals surface area contributed by atoms with Crippen molar-refractivity contribution in [1.82, 2.24) is 4.98 Å². The summed E-state index contributed by atoms with van der Waals surface area (Å²) >= 11 is 4.74. The molecule has 0 saturated heterocycles. The molecule has 2 aromatic carbocycles. The molecule has 0 N–H and O–H groups in total. The second kappa shape index (κ2) is 7.37. The minimum absolute atomic E-state index is 0.0592. The van der Waals surface area contributed by atoms with Gasteiger partial charge in [0.15, 0.2) is 10.6 Å². The van der Waals surface area contributed by atoms with Crippen LogP contribution in [0.1, 0.15) is 34.6 Å². The summed E-state index contributed by atoms with van der Waals surface area (Å²) in [5.41, 5.74) is 1.26. The number of nitrogens with zero attached hydrogens (tertiary/aromatic N) is 2. The molecule has 0 fully saturated rings. The first-order chi connectivity index (χ1) is 14.6. The van der Waals surface area contributed by atoms with E-state index in [0.29, 0.717) is 28.3 Å². The van der Waals surface area contributed by atoms with Crippen molar-refractivity contribution in [3.63, 3.8) is 0 Å². The summed E-state index contributed by atoms with van der Waals surface area (Å²) in [6, 6.07) is 11.9. The van der Waals surface area contributed by atoms with Gasteiger partial charge in [0.2, 0.25) is 5.76 Å². The average molecular weight is 483 g/mol. The van der Waals surface area contributed by atoms with Crippen molar-refractivity contribution in [3.8, 4) is 5.75 Å². The van der Waals surface area contributed by atoms with Crippen molar-refractivity contribution in [2.24, 2.45) is 0 Å². The minimum atomic E-state index is -0.631. The van der Waals surface area contributed by atoms with Crippen molar-refractivity contribution >= 4 is 49.3 Å². The first-order valence-corrected chi connectivity index (χ1v) is 11.0. The zero-order valence-electron chi connectivity index (χ0n) is 15.8. The third-order valence-electron chi connectivity index (χ3n) is 4.96. The van der Waals surface area contributed by atoms with Crippen LogP contribution in [-0.4, -0.2) is 17.5 Å². The molecule has 8 heteroatoms. The summed E-state index contributed by atoms with van der Waals surface area (Å²) in [4.78, 5) is 32.7. The minimum Gasteiger partial charge on any atom is -0.494 e. The van der Waals surface area contributed by atoms with Gasteiger partial charge in [-0.3, -0.25) is 14.5 Å². The molecule has 150 valence electrons. The van der Waals surface area contributed by atoms with Crippen LogP contribution < -0.4 is 15.1 Å². The number of carbonyl (C=O) groups excluding carboxylic acids is 1. The number of benzene rings is 2. The van der Waals surface area contributed by atoms with Crippen LogP contribution >= 0.6 is 27.3 Å². The number of halogens is 1. The number of amides is 1. The quantitative estimate of drug-likeness (QED) is 0.401. The van der Waals surface area contributed by atoms with Crippen LogP contribution in [0, 0.1) is 0 Å². The van der Waals surface area contributed by atoms with Crippen LogP contribution in [0.3, 0.4) is 0 Å². The van der Waals surface area contributed by atoms with Crippen LogP contribution in [0.25, 0.3) is 11.0 Å². The van der Waals surface area contributed by atoms with Crippen molar-refractivity contribution in [3.05, 3.63) is 85.6 Å². The Balaban J connectivity index is 1.76. The van der Waals surface area contributed by atoms with Gasteiger partial charge in [-0.25, -0.2) is 4.98 Å². The molecule has 4 aromatic rings. The van der Waals surface area contributed by atoms with Crippen LogP contribution in [0.2, 0.25) is 0 Å². The van der Waals surface area contributed by atoms with E-state index in [1.54, 1.807) is 29.8 Å². The van der Waals surface area contributed by atoms with Crippen LogP contribution in [0.5, 0.6) is 5.75 Å². The van der Waals surface area contributed by atoms with Crippen molar-refractivity contribution in [1.29, 1.82) is 0 Å². The molecule has 1 atom stereocenters. The maximum atomic E-state index is 13.5. The lowest BCUT2D eigenvalue weighted by Gasteiger charge is -2.22. The number of thiazole rings is 1. The molecule has 1 unspecified atom stereocenters. The molecule has 2 aromatic heterocycles. The summed E-state index contributed by atoms with van der Waals surface area (Å²) in [6.07, 6.45) is 1.63. The lowest BCUT2D eigenvalue weighted by atomic mass is 9.98. The average Bonchev–Trinajstić information content (AvgIpc) is 3.36. The molecule has 5 rings (SSSR count). The van der Waals surface area contributed by atoms with Gasteiger partial charge < -0.3 is 9.15 Å². The van der Waals surface area contributed by atoms with Gasteiger partial charge in [-0.15, -0.1) is 11.3 Å². The highest BCUT2D eigenvalue weighted by Gasteiger charge is 2.44. The van der Waals surface area contributed by atoms with Gasteiger partial charge in [-0.05, 0) is 42.8 Å². The molecule has 6 nitrogen and oxygen atoms in total. The van der Waals surface area contributed by atoms with Crippen molar-refractivity contribution < 1.29 is 13.9 Å². The number of fused-ring (bicyclic) bond motifs is 2. The molecule has 0 spiro atoms. The summed E-state index contributed by atoms with van der Waals surface area (Å²) in [5, 5.41) is 2.73. The molecular formula is C22H15BrN2O4S. The SMILES string of the molecule is CCOc1ccc(C2c3c(oc4ccc(Br)cc4c3=O)C(=O)N2c2nccs2)cc1. The Bertz CT molecular complexity index is 1320. The predicted molar refractivity (Wildman–Crippen MR) is 119 cm³/mol. The number of rotatable bonds is 4. The van der Waals surface area contributed by atoms with E-state index in [1.807, 2.05) is 31.2 Å². The molecule has 0 bridgehead atoms. The Morgan fingerprint density at radius 2 is 2.00 bits per heavy atom. The van der Waals surface area contributed by atoms with Gasteiger partial charge in [0.05, 0.1) is 23.6 Å². The monoisotopic (exact) mass is 482 g/mol. The van der Waals surface area contributed by atoms with E-state index in [4.69, 9.17) is 9.15 Å². The van der Waals surface area contributed by atoms with E-state index >= 15 is 0 Å². The van der Waals surface area contributed by atoms with E-state index in [0.717, 1.165) is 15.8 Å². The highest BCUT2D eigenvalue weighted by Crippen LogP contribution is 2.42. The second-order valence-electron chi connectivity index (χ2n) is 6.71. The molecule has 3 heterocycles. The van der Waals surface area contributed by atoms with Crippen LogP contribution in [-0.2, 0) is 0 Å². The van der Waals surface area contributed by atoms with E-state index in [2.05, 4.69) is 20.9 Å². The number of aromatic nitrogens is 1. The summed E-state index contributed by atoms with van der Waals surface area (Å²) < 4.78 is 12.2. The maximum Gasteiger partial charge on any atom is 0.297 e. The number of ether oxygens (including phenoxy) is 1. The Kier molecular flexibility index (Phi) is 4.67. The summed E-state index contributed by atoms with van der Waals surface area (Å²) in [6.45, 7) is 2.47.